The molecule has 1 amide bonds. The minimum atomic E-state index is -0.385. The van der Waals surface area contributed by atoms with E-state index in [4.69, 9.17) is 9.47 Å². The molecule has 2 rings (SSSR count). The first-order chi connectivity index (χ1) is 9.66. The fourth-order valence-electron chi connectivity index (χ4n) is 2.15. The largest absolute Gasteiger partial charge is 0.480 e. The monoisotopic (exact) mass is 277 g/mol. The van der Waals surface area contributed by atoms with Gasteiger partial charge in [0.2, 0.25) is 0 Å². The molecule has 1 N–H and O–H groups in total. The number of para-hydroxylation sites is 1. The number of fused-ring (bicyclic) bond motifs is 1. The van der Waals surface area contributed by atoms with Crippen molar-refractivity contribution in [3.63, 3.8) is 0 Å². The normalized spacial score (nSPS) is 16.9. The van der Waals surface area contributed by atoms with Gasteiger partial charge in [0.25, 0.3) is 5.91 Å². The van der Waals surface area contributed by atoms with Crippen LogP contribution in [0.4, 0.5) is 0 Å². The number of nitrogens with one attached hydrogen (secondary N) is 1. The Bertz CT molecular complexity index is 420. The molecule has 1 aromatic carbocycles. The molecule has 0 aliphatic carbocycles. The van der Waals surface area contributed by atoms with Crippen LogP contribution >= 0.6 is 0 Å². The van der Waals surface area contributed by atoms with E-state index in [1.54, 1.807) is 0 Å². The maximum absolute atomic E-state index is 12.0. The first kappa shape index (κ1) is 14.9. The average Bonchev–Trinajstić information content (AvgIpc) is 2.86. The second kappa shape index (κ2) is 7.29. The molecule has 0 aromatic heterocycles. The standard InChI is InChI=1S/C16H23NO3/c1-12(2)11-19-9-5-8-17-16(18)15-10-13-6-3-4-7-14(13)20-15/h3-4,6-7,12,15H,5,8-11H2,1-2H3,(H,17,18)/t15-/m1/s1. The fourth-order valence-corrected chi connectivity index (χ4v) is 2.15. The summed E-state index contributed by atoms with van der Waals surface area (Å²) < 4.78 is 11.1. The molecule has 1 aromatic rings. The van der Waals surface area contributed by atoms with E-state index in [0.29, 0.717) is 25.5 Å². The Morgan fingerprint density at radius 3 is 3.00 bits per heavy atom. The third kappa shape index (κ3) is 4.23. The summed E-state index contributed by atoms with van der Waals surface area (Å²) in [6, 6.07) is 7.80. The van der Waals surface area contributed by atoms with Gasteiger partial charge in [0.1, 0.15) is 5.75 Å². The third-order valence-corrected chi connectivity index (χ3v) is 3.16. The fraction of sp³-hybridized carbons (Fsp3) is 0.562. The van der Waals surface area contributed by atoms with Crippen LogP contribution in [-0.2, 0) is 16.0 Å². The van der Waals surface area contributed by atoms with Crippen molar-refractivity contribution in [2.75, 3.05) is 19.8 Å². The summed E-state index contributed by atoms with van der Waals surface area (Å²) in [5.74, 6) is 1.34. The van der Waals surface area contributed by atoms with Gasteiger partial charge in [-0.1, -0.05) is 32.0 Å². The van der Waals surface area contributed by atoms with E-state index in [9.17, 15) is 4.79 Å². The molecule has 4 heteroatoms. The molecule has 0 fully saturated rings. The molecular formula is C16H23NO3. The second-order valence-corrected chi connectivity index (χ2v) is 5.53. The van der Waals surface area contributed by atoms with Gasteiger partial charge in [0.15, 0.2) is 6.10 Å². The van der Waals surface area contributed by atoms with Gasteiger partial charge in [-0.05, 0) is 24.0 Å². The molecule has 20 heavy (non-hydrogen) atoms. The van der Waals surface area contributed by atoms with Crippen LogP contribution in [0.3, 0.4) is 0 Å². The average molecular weight is 277 g/mol. The highest BCUT2D eigenvalue weighted by Gasteiger charge is 2.28. The third-order valence-electron chi connectivity index (χ3n) is 3.16. The van der Waals surface area contributed by atoms with Crippen LogP contribution in [0.25, 0.3) is 0 Å². The van der Waals surface area contributed by atoms with Crippen LogP contribution in [-0.4, -0.2) is 31.8 Å². The molecule has 0 unspecified atom stereocenters. The van der Waals surface area contributed by atoms with Crippen LogP contribution in [0, 0.1) is 5.92 Å². The van der Waals surface area contributed by atoms with Gasteiger partial charge in [0, 0.05) is 26.2 Å². The zero-order chi connectivity index (χ0) is 14.4. The Morgan fingerprint density at radius 2 is 2.25 bits per heavy atom. The van der Waals surface area contributed by atoms with Crippen LogP contribution in [0.15, 0.2) is 24.3 Å². The highest BCUT2D eigenvalue weighted by molar-refractivity contribution is 5.82. The predicted molar refractivity (Wildman–Crippen MR) is 77.8 cm³/mol. The molecule has 4 nitrogen and oxygen atoms in total. The molecule has 1 aliphatic heterocycles. The Hall–Kier alpha value is -1.55. The summed E-state index contributed by atoms with van der Waals surface area (Å²) in [7, 11) is 0. The van der Waals surface area contributed by atoms with Crippen molar-refractivity contribution in [1.29, 1.82) is 0 Å². The maximum atomic E-state index is 12.0. The lowest BCUT2D eigenvalue weighted by molar-refractivity contribution is -0.127. The van der Waals surface area contributed by atoms with Crippen molar-refractivity contribution in [2.45, 2.75) is 32.8 Å². The Kier molecular flexibility index (Phi) is 5.41. The van der Waals surface area contributed by atoms with E-state index in [-0.39, 0.29) is 12.0 Å². The van der Waals surface area contributed by atoms with E-state index in [1.165, 1.54) is 0 Å². The lowest BCUT2D eigenvalue weighted by atomic mass is 10.1. The van der Waals surface area contributed by atoms with E-state index in [0.717, 1.165) is 24.3 Å². The minimum absolute atomic E-state index is 0.0370. The Balaban J connectivity index is 1.62. The molecule has 1 heterocycles. The quantitative estimate of drug-likeness (QED) is 0.777. The van der Waals surface area contributed by atoms with Crippen LogP contribution in [0.2, 0.25) is 0 Å². The molecular weight excluding hydrogens is 254 g/mol. The van der Waals surface area contributed by atoms with Crippen LogP contribution in [0.1, 0.15) is 25.8 Å². The first-order valence-electron chi connectivity index (χ1n) is 7.27. The predicted octanol–water partition coefficient (Wildman–Crippen LogP) is 2.17. The van der Waals surface area contributed by atoms with Gasteiger partial charge in [-0.2, -0.15) is 0 Å². The smallest absolute Gasteiger partial charge is 0.261 e. The lowest BCUT2D eigenvalue weighted by Gasteiger charge is -2.11. The summed E-state index contributed by atoms with van der Waals surface area (Å²) in [6.07, 6.45) is 1.10. The van der Waals surface area contributed by atoms with E-state index in [1.807, 2.05) is 24.3 Å². The molecule has 110 valence electrons. The van der Waals surface area contributed by atoms with Crippen molar-refractivity contribution in [3.8, 4) is 5.75 Å². The van der Waals surface area contributed by atoms with Gasteiger partial charge in [-0.15, -0.1) is 0 Å². The van der Waals surface area contributed by atoms with Crippen LogP contribution in [0.5, 0.6) is 5.75 Å². The summed E-state index contributed by atoms with van der Waals surface area (Å²) in [6.45, 7) is 6.33. The highest BCUT2D eigenvalue weighted by atomic mass is 16.5. The minimum Gasteiger partial charge on any atom is -0.480 e. The lowest BCUT2D eigenvalue weighted by Crippen LogP contribution is -2.38. The van der Waals surface area contributed by atoms with E-state index < -0.39 is 0 Å². The molecule has 0 saturated heterocycles. The van der Waals surface area contributed by atoms with Crippen LogP contribution < -0.4 is 10.1 Å². The molecule has 1 aliphatic rings. The van der Waals surface area contributed by atoms with Crippen molar-refractivity contribution < 1.29 is 14.3 Å². The number of rotatable bonds is 7. The topological polar surface area (TPSA) is 47.6 Å². The number of carbonyl (C=O) groups excluding carboxylic acids is 1. The summed E-state index contributed by atoms with van der Waals surface area (Å²) in [4.78, 5) is 12.0. The number of hydrogen-bond acceptors (Lipinski definition) is 3. The van der Waals surface area contributed by atoms with E-state index >= 15 is 0 Å². The van der Waals surface area contributed by atoms with Gasteiger partial charge in [-0.3, -0.25) is 4.79 Å². The second-order valence-electron chi connectivity index (χ2n) is 5.53. The number of hydrogen-bond donors (Lipinski definition) is 1. The van der Waals surface area contributed by atoms with Gasteiger partial charge < -0.3 is 14.8 Å². The number of carbonyl (C=O) groups is 1. The molecule has 0 spiro atoms. The van der Waals surface area contributed by atoms with E-state index in [2.05, 4.69) is 19.2 Å². The van der Waals surface area contributed by atoms with Gasteiger partial charge in [-0.25, -0.2) is 0 Å². The first-order valence-corrected chi connectivity index (χ1v) is 7.27. The molecule has 1 atom stereocenters. The number of ether oxygens (including phenoxy) is 2. The zero-order valence-corrected chi connectivity index (χ0v) is 12.2. The van der Waals surface area contributed by atoms with Gasteiger partial charge >= 0.3 is 0 Å². The summed E-state index contributed by atoms with van der Waals surface area (Å²) in [5, 5.41) is 2.90. The highest BCUT2D eigenvalue weighted by Crippen LogP contribution is 2.27. The zero-order valence-electron chi connectivity index (χ0n) is 12.2. The summed E-state index contributed by atoms with van der Waals surface area (Å²) in [5.41, 5.74) is 1.10. The molecule has 0 bridgehead atoms. The summed E-state index contributed by atoms with van der Waals surface area (Å²) >= 11 is 0. The number of amides is 1. The molecule has 0 saturated carbocycles. The molecule has 0 radical (unpaired) electrons. The van der Waals surface area contributed by atoms with Crippen molar-refractivity contribution >= 4 is 5.91 Å². The Labute approximate surface area is 120 Å². The maximum Gasteiger partial charge on any atom is 0.261 e. The van der Waals surface area contributed by atoms with Gasteiger partial charge in [0.05, 0.1) is 0 Å². The van der Waals surface area contributed by atoms with Crippen molar-refractivity contribution in [3.05, 3.63) is 29.8 Å². The Morgan fingerprint density at radius 1 is 1.45 bits per heavy atom. The number of benzene rings is 1. The van der Waals surface area contributed by atoms with Crippen molar-refractivity contribution in [1.82, 2.24) is 5.32 Å². The SMILES string of the molecule is CC(C)COCCCNC(=O)[C@H]1Cc2ccccc2O1. The van der Waals surface area contributed by atoms with Crippen molar-refractivity contribution in [2.24, 2.45) is 5.92 Å².